The van der Waals surface area contributed by atoms with Gasteiger partial charge in [0.25, 0.3) is 0 Å². The van der Waals surface area contributed by atoms with Crippen LogP contribution >= 0.6 is 0 Å². The van der Waals surface area contributed by atoms with Crippen molar-refractivity contribution in [2.45, 2.75) is 34.6 Å². The molecule has 2 rings (SSSR count). The summed E-state index contributed by atoms with van der Waals surface area (Å²) in [5.74, 6) is -0.653. The second kappa shape index (κ2) is 7.82. The maximum absolute atomic E-state index is 12.6. The molecule has 0 aliphatic carbocycles. The van der Waals surface area contributed by atoms with Crippen LogP contribution in [0, 0.1) is 20.8 Å². The molecule has 6 heteroatoms. The van der Waals surface area contributed by atoms with Crippen LogP contribution in [0.5, 0.6) is 5.75 Å². The Morgan fingerprint density at radius 3 is 1.85 bits per heavy atom. The van der Waals surface area contributed by atoms with Crippen molar-refractivity contribution in [3.8, 4) is 5.75 Å². The van der Waals surface area contributed by atoms with Crippen molar-refractivity contribution in [1.82, 2.24) is 0 Å². The quantitative estimate of drug-likeness (QED) is 0.647. The molecular weight excluding hydrogens is 332 g/mol. The second-order valence-electron chi connectivity index (χ2n) is 6.26. The number of amides is 2. The molecule has 0 spiro atoms. The van der Waals surface area contributed by atoms with E-state index in [2.05, 4.69) is 10.6 Å². The zero-order valence-electron chi connectivity index (χ0n) is 15.5. The van der Waals surface area contributed by atoms with Crippen molar-refractivity contribution in [3.05, 3.63) is 52.6 Å². The zero-order valence-corrected chi connectivity index (χ0v) is 15.5. The molecule has 0 aliphatic heterocycles. The first-order chi connectivity index (χ1) is 12.2. The van der Waals surface area contributed by atoms with Crippen molar-refractivity contribution in [2.24, 2.45) is 0 Å². The summed E-state index contributed by atoms with van der Waals surface area (Å²) in [4.78, 5) is 35.3. The Bertz CT molecular complexity index is 853. The molecule has 0 bridgehead atoms. The van der Waals surface area contributed by atoms with Gasteiger partial charge in [0.2, 0.25) is 11.8 Å². The van der Waals surface area contributed by atoms with E-state index in [-0.39, 0.29) is 17.4 Å². The Morgan fingerprint density at radius 1 is 0.808 bits per heavy atom. The highest BCUT2D eigenvalue weighted by molar-refractivity contribution is 5.98. The molecule has 2 aromatic carbocycles. The van der Waals surface area contributed by atoms with Crippen molar-refractivity contribution in [2.75, 3.05) is 10.6 Å². The van der Waals surface area contributed by atoms with E-state index in [4.69, 9.17) is 4.74 Å². The lowest BCUT2D eigenvalue weighted by atomic mass is 10.1. The van der Waals surface area contributed by atoms with Gasteiger partial charge in [0.1, 0.15) is 5.75 Å². The van der Waals surface area contributed by atoms with Gasteiger partial charge in [-0.1, -0.05) is 6.07 Å². The third kappa shape index (κ3) is 4.92. The summed E-state index contributed by atoms with van der Waals surface area (Å²) in [6, 6.07) is 8.40. The van der Waals surface area contributed by atoms with Gasteiger partial charge in [0.15, 0.2) is 0 Å². The Labute approximate surface area is 152 Å². The maximum Gasteiger partial charge on any atom is 0.343 e. The number of hydrogen-bond donors (Lipinski definition) is 2. The molecule has 6 nitrogen and oxygen atoms in total. The third-order valence-corrected chi connectivity index (χ3v) is 3.78. The maximum atomic E-state index is 12.6. The molecule has 0 aromatic heterocycles. The summed E-state index contributed by atoms with van der Waals surface area (Å²) in [6.07, 6.45) is 0. The standard InChI is InChI=1S/C20H22N2O4/c1-11-6-12(2)13(3)19(7-11)26-20(25)16-8-17(21-14(4)23)10-18(9-16)22-15(5)24/h6-10H,1-5H3,(H,21,23)(H,22,24). The molecule has 2 aromatic rings. The first kappa shape index (κ1) is 19.2. The number of anilines is 2. The highest BCUT2D eigenvalue weighted by Crippen LogP contribution is 2.26. The van der Waals surface area contributed by atoms with Crippen molar-refractivity contribution >= 4 is 29.2 Å². The highest BCUT2D eigenvalue weighted by atomic mass is 16.5. The van der Waals surface area contributed by atoms with Gasteiger partial charge in [-0.05, 0) is 61.7 Å². The lowest BCUT2D eigenvalue weighted by molar-refractivity contribution is -0.115. The van der Waals surface area contributed by atoms with Crippen LogP contribution < -0.4 is 15.4 Å². The molecule has 0 saturated heterocycles. The van der Waals surface area contributed by atoms with Crippen LogP contribution in [0.3, 0.4) is 0 Å². The van der Waals surface area contributed by atoms with E-state index in [9.17, 15) is 14.4 Å². The number of rotatable bonds is 4. The van der Waals surface area contributed by atoms with Gasteiger partial charge in [-0.3, -0.25) is 9.59 Å². The third-order valence-electron chi connectivity index (χ3n) is 3.78. The molecule has 2 N–H and O–H groups in total. The molecule has 0 heterocycles. The number of carbonyl (C=O) groups is 3. The molecule has 0 fully saturated rings. The van der Waals surface area contributed by atoms with E-state index in [1.807, 2.05) is 26.8 Å². The summed E-state index contributed by atoms with van der Waals surface area (Å²) < 4.78 is 5.55. The number of esters is 1. The SMILES string of the molecule is CC(=O)Nc1cc(NC(C)=O)cc(C(=O)Oc2cc(C)cc(C)c2C)c1. The Morgan fingerprint density at radius 2 is 1.35 bits per heavy atom. The number of nitrogens with one attached hydrogen (secondary N) is 2. The largest absolute Gasteiger partial charge is 0.423 e. The van der Waals surface area contributed by atoms with Crippen molar-refractivity contribution < 1.29 is 19.1 Å². The topological polar surface area (TPSA) is 84.5 Å². The van der Waals surface area contributed by atoms with Crippen LogP contribution in [0.1, 0.15) is 40.9 Å². The summed E-state index contributed by atoms with van der Waals surface area (Å²) >= 11 is 0. The van der Waals surface area contributed by atoms with Crippen LogP contribution in [0.2, 0.25) is 0 Å². The number of aryl methyl sites for hydroxylation is 2. The van der Waals surface area contributed by atoms with Crippen LogP contribution in [0.15, 0.2) is 30.3 Å². The molecule has 0 saturated carbocycles. The van der Waals surface area contributed by atoms with E-state index >= 15 is 0 Å². The van der Waals surface area contributed by atoms with E-state index in [1.54, 1.807) is 12.1 Å². The fourth-order valence-corrected chi connectivity index (χ4v) is 2.56. The highest BCUT2D eigenvalue weighted by Gasteiger charge is 2.15. The predicted octanol–water partition coefficient (Wildman–Crippen LogP) is 3.75. The van der Waals surface area contributed by atoms with Crippen molar-refractivity contribution in [1.29, 1.82) is 0 Å². The first-order valence-electron chi connectivity index (χ1n) is 8.16. The monoisotopic (exact) mass is 354 g/mol. The molecule has 0 atom stereocenters. The molecular formula is C20H22N2O4. The second-order valence-corrected chi connectivity index (χ2v) is 6.26. The average Bonchev–Trinajstić information content (AvgIpc) is 2.50. The van der Waals surface area contributed by atoms with Gasteiger partial charge in [-0.25, -0.2) is 4.79 Å². The van der Waals surface area contributed by atoms with Gasteiger partial charge in [0.05, 0.1) is 5.56 Å². The van der Waals surface area contributed by atoms with Gasteiger partial charge in [-0.2, -0.15) is 0 Å². The van der Waals surface area contributed by atoms with Gasteiger partial charge < -0.3 is 15.4 Å². The molecule has 0 radical (unpaired) electrons. The Kier molecular flexibility index (Phi) is 5.77. The molecule has 26 heavy (non-hydrogen) atoms. The minimum absolute atomic E-state index is 0.221. The minimum atomic E-state index is -0.572. The summed E-state index contributed by atoms with van der Waals surface area (Å²) in [5, 5.41) is 5.22. The number of carbonyl (C=O) groups excluding carboxylic acids is 3. The van der Waals surface area contributed by atoms with Crippen molar-refractivity contribution in [3.63, 3.8) is 0 Å². The van der Waals surface area contributed by atoms with E-state index in [1.165, 1.54) is 26.0 Å². The Balaban J connectivity index is 2.38. The lowest BCUT2D eigenvalue weighted by Gasteiger charge is -2.13. The smallest absolute Gasteiger partial charge is 0.343 e. The van der Waals surface area contributed by atoms with E-state index in [0.29, 0.717) is 17.1 Å². The van der Waals surface area contributed by atoms with Gasteiger partial charge >= 0.3 is 5.97 Å². The summed E-state index contributed by atoms with van der Waals surface area (Å²) in [5.41, 5.74) is 3.91. The van der Waals surface area contributed by atoms with Crippen LogP contribution in [-0.4, -0.2) is 17.8 Å². The summed E-state index contributed by atoms with van der Waals surface area (Å²) in [6.45, 7) is 8.49. The van der Waals surface area contributed by atoms with Crippen LogP contribution in [0.25, 0.3) is 0 Å². The summed E-state index contributed by atoms with van der Waals surface area (Å²) in [7, 11) is 0. The molecule has 0 aliphatic rings. The first-order valence-corrected chi connectivity index (χ1v) is 8.16. The zero-order chi connectivity index (χ0) is 19.4. The number of ether oxygens (including phenoxy) is 1. The predicted molar refractivity (Wildman–Crippen MR) is 101 cm³/mol. The van der Waals surface area contributed by atoms with E-state index < -0.39 is 5.97 Å². The fraction of sp³-hybridized carbons (Fsp3) is 0.250. The number of hydrogen-bond acceptors (Lipinski definition) is 4. The van der Waals surface area contributed by atoms with Crippen LogP contribution in [-0.2, 0) is 9.59 Å². The minimum Gasteiger partial charge on any atom is -0.423 e. The Hall–Kier alpha value is -3.15. The molecule has 0 unspecified atom stereocenters. The van der Waals surface area contributed by atoms with E-state index in [0.717, 1.165) is 16.7 Å². The van der Waals surface area contributed by atoms with Gasteiger partial charge in [-0.15, -0.1) is 0 Å². The molecule has 136 valence electrons. The van der Waals surface area contributed by atoms with Crippen LogP contribution in [0.4, 0.5) is 11.4 Å². The number of benzene rings is 2. The van der Waals surface area contributed by atoms with Gasteiger partial charge in [0, 0.05) is 25.2 Å². The average molecular weight is 354 g/mol. The normalized spacial score (nSPS) is 10.2. The molecule has 2 amide bonds. The fourth-order valence-electron chi connectivity index (χ4n) is 2.56. The lowest BCUT2D eigenvalue weighted by Crippen LogP contribution is -2.14.